The van der Waals surface area contributed by atoms with E-state index in [2.05, 4.69) is 11.9 Å². The molecule has 0 N–H and O–H groups in total. The first-order valence-corrected chi connectivity index (χ1v) is 11.0. The molecule has 0 saturated heterocycles. The van der Waals surface area contributed by atoms with Crippen LogP contribution in [0.1, 0.15) is 60.9 Å². The Hall–Kier alpha value is -2.15. The van der Waals surface area contributed by atoms with Crippen LogP contribution in [0, 0.1) is 0 Å². The highest BCUT2D eigenvalue weighted by Gasteiger charge is 2.38. The van der Waals surface area contributed by atoms with E-state index in [4.69, 9.17) is 0 Å². The third-order valence-electron chi connectivity index (χ3n) is 5.51. The lowest BCUT2D eigenvalue weighted by molar-refractivity contribution is -0.146. The fraction of sp³-hybridized carbons (Fsp3) is 0.455. The second-order valence-corrected chi connectivity index (χ2v) is 8.67. The van der Waals surface area contributed by atoms with Gasteiger partial charge in [0.25, 0.3) is 5.56 Å². The maximum Gasteiger partial charge on any atom is 0.450 e. The molecule has 1 aromatic carbocycles. The van der Waals surface area contributed by atoms with Crippen LogP contribution in [0.15, 0.2) is 29.1 Å². The van der Waals surface area contributed by atoms with E-state index in [9.17, 15) is 18.0 Å². The lowest BCUT2D eigenvalue weighted by Gasteiger charge is -2.15. The number of alkyl halides is 3. The van der Waals surface area contributed by atoms with Crippen LogP contribution in [0.5, 0.6) is 0 Å². The number of nitrogens with zero attached hydrogens (tertiary/aromatic N) is 2. The standard InChI is InChI=1S/C22H23F3N2OS/c1-2-3-7-14-10-12-15(13-11-14)27-20(28)18-16-8-5-4-6-9-17(16)29-19(18)26-21(27)22(23,24)25/h10-13H,2-9H2,1H3. The highest BCUT2D eigenvalue weighted by molar-refractivity contribution is 7.18. The van der Waals surface area contributed by atoms with E-state index >= 15 is 0 Å². The Morgan fingerprint density at radius 1 is 1.10 bits per heavy atom. The van der Waals surface area contributed by atoms with Crippen molar-refractivity contribution in [2.24, 2.45) is 0 Å². The number of aromatic nitrogens is 2. The molecule has 1 aliphatic carbocycles. The first-order valence-electron chi connectivity index (χ1n) is 10.1. The number of aryl methyl sites for hydroxylation is 3. The number of thiophene rings is 1. The van der Waals surface area contributed by atoms with Crippen molar-refractivity contribution in [3.05, 3.63) is 56.4 Å². The fourth-order valence-corrected chi connectivity index (χ4v) is 5.26. The van der Waals surface area contributed by atoms with Gasteiger partial charge in [0.05, 0.1) is 11.1 Å². The van der Waals surface area contributed by atoms with Crippen molar-refractivity contribution < 1.29 is 13.2 Å². The second-order valence-electron chi connectivity index (χ2n) is 7.59. The summed E-state index contributed by atoms with van der Waals surface area (Å²) in [6.45, 7) is 2.09. The van der Waals surface area contributed by atoms with Gasteiger partial charge in [-0.3, -0.25) is 9.36 Å². The summed E-state index contributed by atoms with van der Waals surface area (Å²) in [5.74, 6) is -1.15. The van der Waals surface area contributed by atoms with Crippen molar-refractivity contribution in [3.8, 4) is 5.69 Å². The third-order valence-corrected chi connectivity index (χ3v) is 6.69. The SMILES string of the molecule is CCCCc1ccc(-n2c(C(F)(F)F)nc3sc4c(c3c2=O)CCCCC4)cc1. The minimum Gasteiger partial charge on any atom is -0.268 e. The van der Waals surface area contributed by atoms with Crippen LogP contribution in [0.25, 0.3) is 15.9 Å². The maximum atomic E-state index is 13.8. The molecule has 0 unspecified atom stereocenters. The number of fused-ring (bicyclic) bond motifs is 3. The number of hydrogen-bond acceptors (Lipinski definition) is 3. The molecule has 0 bridgehead atoms. The zero-order valence-electron chi connectivity index (χ0n) is 16.3. The van der Waals surface area contributed by atoms with Crippen molar-refractivity contribution in [2.45, 2.75) is 64.5 Å². The second kappa shape index (κ2) is 7.94. The van der Waals surface area contributed by atoms with Gasteiger partial charge in [0.15, 0.2) is 0 Å². The summed E-state index contributed by atoms with van der Waals surface area (Å²) in [5, 5.41) is 0.370. The van der Waals surface area contributed by atoms with Crippen molar-refractivity contribution >= 4 is 21.6 Å². The topological polar surface area (TPSA) is 34.9 Å². The normalized spacial score (nSPS) is 14.8. The van der Waals surface area contributed by atoms with E-state index in [1.54, 1.807) is 24.3 Å². The summed E-state index contributed by atoms with van der Waals surface area (Å²) < 4.78 is 42.2. The van der Waals surface area contributed by atoms with Crippen LogP contribution >= 0.6 is 11.3 Å². The zero-order valence-corrected chi connectivity index (χ0v) is 17.1. The van der Waals surface area contributed by atoms with E-state index in [0.29, 0.717) is 5.39 Å². The number of rotatable bonds is 4. The Kier molecular flexibility index (Phi) is 5.51. The molecule has 29 heavy (non-hydrogen) atoms. The van der Waals surface area contributed by atoms with Gasteiger partial charge in [-0.15, -0.1) is 11.3 Å². The van der Waals surface area contributed by atoms with Crippen LogP contribution in [0.2, 0.25) is 0 Å². The van der Waals surface area contributed by atoms with E-state index in [1.165, 1.54) is 11.3 Å². The Bertz CT molecular complexity index is 1080. The largest absolute Gasteiger partial charge is 0.450 e. The van der Waals surface area contributed by atoms with Gasteiger partial charge in [-0.05, 0) is 61.8 Å². The van der Waals surface area contributed by atoms with E-state index in [1.807, 2.05) is 0 Å². The zero-order chi connectivity index (χ0) is 20.6. The molecule has 1 aliphatic rings. The minimum absolute atomic E-state index is 0.213. The smallest absolute Gasteiger partial charge is 0.268 e. The Morgan fingerprint density at radius 2 is 1.83 bits per heavy atom. The average Bonchev–Trinajstić information content (AvgIpc) is 2.88. The molecule has 0 atom stereocenters. The number of unbranched alkanes of at least 4 members (excludes halogenated alkanes) is 1. The Balaban J connectivity index is 1.92. The van der Waals surface area contributed by atoms with Gasteiger partial charge < -0.3 is 0 Å². The summed E-state index contributed by atoms with van der Waals surface area (Å²) in [5.41, 5.74) is 1.56. The molecule has 2 aromatic heterocycles. The van der Waals surface area contributed by atoms with Crippen molar-refractivity contribution in [2.75, 3.05) is 0 Å². The Labute approximate surface area is 171 Å². The number of halogens is 3. The maximum absolute atomic E-state index is 13.8. The first kappa shape index (κ1) is 20.1. The molecule has 4 rings (SSSR count). The van der Waals surface area contributed by atoms with Gasteiger partial charge in [-0.2, -0.15) is 13.2 Å². The van der Waals surface area contributed by atoms with Crippen molar-refractivity contribution in [1.82, 2.24) is 9.55 Å². The van der Waals surface area contributed by atoms with Gasteiger partial charge in [0.1, 0.15) is 4.83 Å². The summed E-state index contributed by atoms with van der Waals surface area (Å²) in [6.07, 6.45) is 2.78. The average molecular weight is 421 g/mol. The monoisotopic (exact) mass is 420 g/mol. The lowest BCUT2D eigenvalue weighted by atomic mass is 10.1. The minimum atomic E-state index is -4.71. The van der Waals surface area contributed by atoms with Gasteiger partial charge in [0.2, 0.25) is 5.82 Å². The van der Waals surface area contributed by atoms with Crippen LogP contribution in [-0.4, -0.2) is 9.55 Å². The van der Waals surface area contributed by atoms with Crippen molar-refractivity contribution in [3.63, 3.8) is 0 Å². The molecule has 2 heterocycles. The molecular weight excluding hydrogens is 397 g/mol. The van der Waals surface area contributed by atoms with E-state index in [0.717, 1.165) is 71.9 Å². The first-order chi connectivity index (χ1) is 13.9. The molecule has 0 saturated carbocycles. The molecule has 0 radical (unpaired) electrons. The van der Waals surface area contributed by atoms with Gasteiger partial charge in [-0.1, -0.05) is 31.9 Å². The van der Waals surface area contributed by atoms with Gasteiger partial charge in [0, 0.05) is 4.88 Å². The van der Waals surface area contributed by atoms with Gasteiger partial charge in [-0.25, -0.2) is 4.98 Å². The highest BCUT2D eigenvalue weighted by Crippen LogP contribution is 2.36. The fourth-order valence-electron chi connectivity index (χ4n) is 4.00. The van der Waals surface area contributed by atoms with E-state index < -0.39 is 17.6 Å². The van der Waals surface area contributed by atoms with Crippen LogP contribution in [-0.2, 0) is 25.4 Å². The quantitative estimate of drug-likeness (QED) is 0.480. The summed E-state index contributed by atoms with van der Waals surface area (Å²) in [7, 11) is 0. The predicted octanol–water partition coefficient (Wildman–Crippen LogP) is 6.08. The summed E-state index contributed by atoms with van der Waals surface area (Å²) in [4.78, 5) is 18.5. The van der Waals surface area contributed by atoms with Crippen LogP contribution < -0.4 is 5.56 Å². The van der Waals surface area contributed by atoms with Crippen LogP contribution in [0.3, 0.4) is 0 Å². The Morgan fingerprint density at radius 3 is 2.52 bits per heavy atom. The van der Waals surface area contributed by atoms with Gasteiger partial charge >= 0.3 is 6.18 Å². The summed E-state index contributed by atoms with van der Waals surface area (Å²) in [6, 6.07) is 6.80. The molecule has 3 nitrogen and oxygen atoms in total. The van der Waals surface area contributed by atoms with Crippen LogP contribution in [0.4, 0.5) is 13.2 Å². The molecule has 3 aromatic rings. The molecule has 0 aliphatic heterocycles. The van der Waals surface area contributed by atoms with Crippen molar-refractivity contribution in [1.29, 1.82) is 0 Å². The highest BCUT2D eigenvalue weighted by atomic mass is 32.1. The molecule has 0 fully saturated rings. The number of hydrogen-bond donors (Lipinski definition) is 0. The molecule has 0 spiro atoms. The third kappa shape index (κ3) is 3.84. The molecule has 7 heteroatoms. The lowest BCUT2D eigenvalue weighted by Crippen LogP contribution is -2.28. The summed E-state index contributed by atoms with van der Waals surface area (Å²) >= 11 is 1.25. The molecule has 154 valence electrons. The molecule has 0 amide bonds. The molecular formula is C22H23F3N2OS. The predicted molar refractivity (Wildman–Crippen MR) is 110 cm³/mol. The number of benzene rings is 1. The van der Waals surface area contributed by atoms with E-state index in [-0.39, 0.29) is 10.5 Å².